The van der Waals surface area contributed by atoms with Crippen molar-refractivity contribution < 1.29 is 14.1 Å². The van der Waals surface area contributed by atoms with E-state index in [0.717, 1.165) is 62.0 Å². The third-order valence-electron chi connectivity index (χ3n) is 6.75. The van der Waals surface area contributed by atoms with E-state index >= 15 is 0 Å². The molecule has 178 valence electrons. The summed E-state index contributed by atoms with van der Waals surface area (Å²) in [4.78, 5) is 14.6. The number of fused-ring (bicyclic) bond motifs is 1. The van der Waals surface area contributed by atoms with Gasteiger partial charge in [0.2, 0.25) is 5.91 Å². The van der Waals surface area contributed by atoms with Gasteiger partial charge in [0, 0.05) is 35.5 Å². The second kappa shape index (κ2) is 12.0. The molecule has 1 aromatic heterocycles. The number of likely N-dealkylation sites (tertiary alicyclic amines) is 1. The average Bonchev–Trinajstić information content (AvgIpc) is 3.19. The Morgan fingerprint density at radius 3 is 2.72 bits per heavy atom. The minimum absolute atomic E-state index is 0.0354. The summed E-state index contributed by atoms with van der Waals surface area (Å²) in [5.41, 5.74) is 1.86. The van der Waals surface area contributed by atoms with Crippen LogP contribution in [0.2, 0.25) is 5.02 Å². The van der Waals surface area contributed by atoms with Gasteiger partial charge in [-0.2, -0.15) is 0 Å². The molecule has 0 spiro atoms. The number of rotatable bonds is 11. The van der Waals surface area contributed by atoms with Gasteiger partial charge in [0.05, 0.1) is 18.2 Å². The van der Waals surface area contributed by atoms with Crippen LogP contribution in [0.15, 0.2) is 22.7 Å². The number of aromatic nitrogens is 1. The number of benzene rings is 1. The summed E-state index contributed by atoms with van der Waals surface area (Å²) < 4.78 is 10.7. The number of nitrogens with one attached hydrogen (secondary N) is 1. The SMILES string of the molecule is CO[C@@H](C)CC(=O)N[C@@H](C)CC[C@H](C)CCN1CCC(c2noc3cc(Cl)ccc23)CC1. The topological polar surface area (TPSA) is 67.6 Å². The molecule has 1 fully saturated rings. The lowest BCUT2D eigenvalue weighted by Crippen LogP contribution is -2.35. The van der Waals surface area contributed by atoms with Crippen molar-refractivity contribution in [3.63, 3.8) is 0 Å². The van der Waals surface area contributed by atoms with Crippen molar-refractivity contribution in [3.8, 4) is 0 Å². The molecule has 3 atom stereocenters. The zero-order valence-electron chi connectivity index (χ0n) is 19.9. The number of methoxy groups -OCH3 is 1. The smallest absolute Gasteiger partial charge is 0.222 e. The van der Waals surface area contributed by atoms with Gasteiger partial charge in [-0.25, -0.2) is 0 Å². The maximum atomic E-state index is 12.0. The lowest BCUT2D eigenvalue weighted by atomic mass is 9.91. The predicted octanol–water partition coefficient (Wildman–Crippen LogP) is 5.40. The second-order valence-corrected chi connectivity index (χ2v) is 9.95. The first-order valence-corrected chi connectivity index (χ1v) is 12.3. The number of ether oxygens (including phenoxy) is 1. The summed E-state index contributed by atoms with van der Waals surface area (Å²) in [7, 11) is 1.64. The minimum Gasteiger partial charge on any atom is -0.381 e. The van der Waals surface area contributed by atoms with Crippen molar-refractivity contribution in [2.24, 2.45) is 5.92 Å². The molecule has 0 saturated carbocycles. The Balaban J connectivity index is 1.34. The van der Waals surface area contributed by atoms with Crippen LogP contribution < -0.4 is 5.32 Å². The molecular formula is C25H38ClN3O3. The van der Waals surface area contributed by atoms with Gasteiger partial charge >= 0.3 is 0 Å². The van der Waals surface area contributed by atoms with Gasteiger partial charge in [-0.3, -0.25) is 4.79 Å². The largest absolute Gasteiger partial charge is 0.381 e. The number of piperidine rings is 1. The third-order valence-corrected chi connectivity index (χ3v) is 6.98. The van der Waals surface area contributed by atoms with Crippen LogP contribution in [0.4, 0.5) is 0 Å². The van der Waals surface area contributed by atoms with Gasteiger partial charge in [0.15, 0.2) is 5.58 Å². The Bertz CT molecular complexity index is 863. The van der Waals surface area contributed by atoms with Crippen LogP contribution in [-0.2, 0) is 9.53 Å². The van der Waals surface area contributed by atoms with E-state index in [1.807, 2.05) is 25.1 Å². The molecule has 0 bridgehead atoms. The lowest BCUT2D eigenvalue weighted by molar-refractivity contribution is -0.123. The summed E-state index contributed by atoms with van der Waals surface area (Å²) in [6.45, 7) is 9.66. The molecule has 3 rings (SSSR count). The van der Waals surface area contributed by atoms with E-state index in [1.165, 1.54) is 6.42 Å². The summed E-state index contributed by atoms with van der Waals surface area (Å²) in [5, 5.41) is 9.22. The maximum absolute atomic E-state index is 12.0. The first-order valence-electron chi connectivity index (χ1n) is 11.9. The molecule has 0 radical (unpaired) electrons. The van der Waals surface area contributed by atoms with Gasteiger partial charge in [-0.05, 0) is 83.6 Å². The highest BCUT2D eigenvalue weighted by Gasteiger charge is 2.25. The lowest BCUT2D eigenvalue weighted by Gasteiger charge is -2.32. The molecule has 1 saturated heterocycles. The molecule has 1 aliphatic heterocycles. The molecule has 0 unspecified atom stereocenters. The molecule has 2 aromatic rings. The van der Waals surface area contributed by atoms with E-state index in [-0.39, 0.29) is 18.1 Å². The highest BCUT2D eigenvalue weighted by molar-refractivity contribution is 6.31. The number of hydrogen-bond acceptors (Lipinski definition) is 5. The number of hydrogen-bond donors (Lipinski definition) is 1. The summed E-state index contributed by atoms with van der Waals surface area (Å²) >= 11 is 6.06. The van der Waals surface area contributed by atoms with Crippen LogP contribution in [0.25, 0.3) is 11.0 Å². The normalized spacial score (nSPS) is 18.5. The zero-order valence-corrected chi connectivity index (χ0v) is 20.7. The van der Waals surface area contributed by atoms with Gasteiger partial charge in [0.25, 0.3) is 0 Å². The molecule has 0 aliphatic carbocycles. The molecule has 7 heteroatoms. The average molecular weight is 464 g/mol. The van der Waals surface area contributed by atoms with Crippen LogP contribution in [0.5, 0.6) is 0 Å². The Hall–Kier alpha value is -1.63. The highest BCUT2D eigenvalue weighted by Crippen LogP contribution is 2.33. The molecule has 1 amide bonds. The van der Waals surface area contributed by atoms with Gasteiger partial charge < -0.3 is 19.5 Å². The predicted molar refractivity (Wildman–Crippen MR) is 129 cm³/mol. The van der Waals surface area contributed by atoms with E-state index in [4.69, 9.17) is 20.9 Å². The fraction of sp³-hybridized carbons (Fsp3) is 0.680. The van der Waals surface area contributed by atoms with Crippen LogP contribution in [-0.4, -0.2) is 54.9 Å². The Kier molecular flexibility index (Phi) is 9.38. The number of halogens is 1. The Morgan fingerprint density at radius 1 is 1.25 bits per heavy atom. The van der Waals surface area contributed by atoms with E-state index in [9.17, 15) is 4.79 Å². The monoisotopic (exact) mass is 463 g/mol. The van der Waals surface area contributed by atoms with Crippen LogP contribution in [0.3, 0.4) is 0 Å². The van der Waals surface area contributed by atoms with Gasteiger partial charge in [0.1, 0.15) is 0 Å². The molecule has 1 aliphatic rings. The van der Waals surface area contributed by atoms with Crippen molar-refractivity contribution in [3.05, 3.63) is 28.9 Å². The standard InChI is InChI=1S/C25H38ClN3O3/c1-17(5-6-18(2)27-24(30)15-19(3)31-4)9-12-29-13-10-20(11-14-29)25-22-8-7-21(26)16-23(22)32-28-25/h7-8,16-20H,5-6,9-15H2,1-4H3,(H,27,30)/t17-,18-,19-/m0/s1. The van der Waals surface area contributed by atoms with Crippen molar-refractivity contribution >= 4 is 28.5 Å². The number of carbonyl (C=O) groups is 1. The fourth-order valence-electron chi connectivity index (χ4n) is 4.49. The quantitative estimate of drug-likeness (QED) is 0.483. The molecule has 2 heterocycles. The zero-order chi connectivity index (χ0) is 23.1. The van der Waals surface area contributed by atoms with Crippen molar-refractivity contribution in [2.75, 3.05) is 26.7 Å². The van der Waals surface area contributed by atoms with Crippen molar-refractivity contribution in [2.45, 2.75) is 77.4 Å². The minimum atomic E-state index is -0.0354. The van der Waals surface area contributed by atoms with Crippen molar-refractivity contribution in [1.29, 1.82) is 0 Å². The molecular weight excluding hydrogens is 426 g/mol. The van der Waals surface area contributed by atoms with E-state index in [0.29, 0.717) is 23.3 Å². The maximum Gasteiger partial charge on any atom is 0.222 e. The summed E-state index contributed by atoms with van der Waals surface area (Å²) in [5.74, 6) is 1.18. The van der Waals surface area contributed by atoms with Gasteiger partial charge in [-0.1, -0.05) is 23.7 Å². The van der Waals surface area contributed by atoms with Gasteiger partial charge in [-0.15, -0.1) is 0 Å². The van der Waals surface area contributed by atoms with Crippen LogP contribution >= 0.6 is 11.6 Å². The highest BCUT2D eigenvalue weighted by atomic mass is 35.5. The second-order valence-electron chi connectivity index (χ2n) is 9.51. The fourth-order valence-corrected chi connectivity index (χ4v) is 4.65. The molecule has 1 N–H and O–H groups in total. The number of carbonyl (C=O) groups excluding carboxylic acids is 1. The Morgan fingerprint density at radius 2 is 2.00 bits per heavy atom. The Labute approximate surface area is 197 Å². The van der Waals surface area contributed by atoms with Crippen molar-refractivity contribution in [1.82, 2.24) is 15.4 Å². The summed E-state index contributed by atoms with van der Waals surface area (Å²) in [6.07, 6.45) is 5.95. The number of nitrogens with zero attached hydrogens (tertiary/aromatic N) is 2. The van der Waals surface area contributed by atoms with E-state index < -0.39 is 0 Å². The third kappa shape index (κ3) is 7.19. The summed E-state index contributed by atoms with van der Waals surface area (Å²) in [6, 6.07) is 5.99. The number of amides is 1. The van der Waals surface area contributed by atoms with E-state index in [2.05, 4.69) is 29.2 Å². The molecule has 6 nitrogen and oxygen atoms in total. The first-order chi connectivity index (χ1) is 15.4. The molecule has 1 aromatic carbocycles. The van der Waals surface area contributed by atoms with Crippen LogP contribution in [0.1, 0.15) is 70.9 Å². The van der Waals surface area contributed by atoms with E-state index in [1.54, 1.807) is 7.11 Å². The van der Waals surface area contributed by atoms with Crippen LogP contribution in [0, 0.1) is 5.92 Å². The molecule has 32 heavy (non-hydrogen) atoms. The first kappa shape index (κ1) is 25.0.